The summed E-state index contributed by atoms with van der Waals surface area (Å²) in [7, 11) is 0. The quantitative estimate of drug-likeness (QED) is 0.408. The topological polar surface area (TPSA) is 74.1 Å². The summed E-state index contributed by atoms with van der Waals surface area (Å²) >= 11 is 0. The molecule has 0 fully saturated rings. The second kappa shape index (κ2) is 5.22. The molecular formula is C18H15N4O3+. The van der Waals surface area contributed by atoms with E-state index in [-0.39, 0.29) is 22.8 Å². The van der Waals surface area contributed by atoms with Crippen molar-refractivity contribution in [2.24, 2.45) is 0 Å². The van der Waals surface area contributed by atoms with Gasteiger partial charge in [-0.2, -0.15) is 0 Å². The highest BCUT2D eigenvalue weighted by Crippen LogP contribution is 2.37. The van der Waals surface area contributed by atoms with E-state index in [0.29, 0.717) is 6.61 Å². The minimum atomic E-state index is -0.351. The van der Waals surface area contributed by atoms with Crippen LogP contribution < -0.4 is 4.57 Å². The first-order chi connectivity index (χ1) is 12.2. The van der Waals surface area contributed by atoms with Crippen LogP contribution in [0.1, 0.15) is 23.0 Å². The van der Waals surface area contributed by atoms with E-state index in [2.05, 4.69) is 9.67 Å². The largest absolute Gasteiger partial charge is 0.363 e. The average Bonchev–Trinajstić information content (AvgIpc) is 3.22. The van der Waals surface area contributed by atoms with Crippen LogP contribution in [0, 0.1) is 10.1 Å². The lowest BCUT2D eigenvalue weighted by molar-refractivity contribution is -0.739. The molecule has 2 atom stereocenters. The van der Waals surface area contributed by atoms with Gasteiger partial charge in [0.15, 0.2) is 0 Å². The number of non-ortho nitro benzene ring substituents is 1. The maximum atomic E-state index is 11.1. The number of aromatic nitrogens is 3. The van der Waals surface area contributed by atoms with Crippen LogP contribution in [-0.4, -0.2) is 20.8 Å². The molecule has 0 bridgehead atoms. The third-order valence-electron chi connectivity index (χ3n) is 4.93. The van der Waals surface area contributed by atoms with Gasteiger partial charge >= 0.3 is 5.82 Å². The Hall–Kier alpha value is -3.06. The van der Waals surface area contributed by atoms with Gasteiger partial charge in [0.25, 0.3) is 5.69 Å². The molecule has 7 nitrogen and oxygen atoms in total. The number of nitro benzene ring substituents is 1. The van der Waals surface area contributed by atoms with Crippen molar-refractivity contribution in [3.8, 4) is 5.69 Å². The minimum Gasteiger partial charge on any atom is -0.363 e. The molecule has 0 unspecified atom stereocenters. The number of nitrogens with zero attached hydrogens (tertiary/aromatic N) is 4. The normalized spacial score (nSPS) is 20.6. The molecule has 2 aliphatic rings. The van der Waals surface area contributed by atoms with Crippen molar-refractivity contribution in [1.29, 1.82) is 0 Å². The summed E-state index contributed by atoms with van der Waals surface area (Å²) in [6.07, 6.45) is 2.71. The van der Waals surface area contributed by atoms with Crippen molar-refractivity contribution >= 4 is 5.69 Å². The maximum absolute atomic E-state index is 11.1. The number of hydrogen-bond acceptors (Lipinski definition) is 4. The number of benzene rings is 2. The van der Waals surface area contributed by atoms with Crippen molar-refractivity contribution in [3.63, 3.8) is 0 Å². The molecule has 7 heteroatoms. The molecule has 0 N–H and O–H groups in total. The van der Waals surface area contributed by atoms with Crippen molar-refractivity contribution in [1.82, 2.24) is 9.78 Å². The van der Waals surface area contributed by atoms with Gasteiger partial charge in [0.2, 0.25) is 6.33 Å². The van der Waals surface area contributed by atoms with E-state index >= 15 is 0 Å². The molecule has 1 aliphatic carbocycles. The lowest BCUT2D eigenvalue weighted by Gasteiger charge is -2.23. The highest BCUT2D eigenvalue weighted by Gasteiger charge is 2.44. The van der Waals surface area contributed by atoms with E-state index in [0.717, 1.165) is 29.1 Å². The Morgan fingerprint density at radius 1 is 1.24 bits per heavy atom. The Balaban J connectivity index is 1.62. The summed E-state index contributed by atoms with van der Waals surface area (Å²) in [5.41, 5.74) is 3.15. The van der Waals surface area contributed by atoms with E-state index in [1.165, 1.54) is 0 Å². The second-order valence-electron chi connectivity index (χ2n) is 6.36. The van der Waals surface area contributed by atoms with Crippen LogP contribution in [0.2, 0.25) is 0 Å². The summed E-state index contributed by atoms with van der Waals surface area (Å²) < 4.78 is 9.92. The zero-order valence-corrected chi connectivity index (χ0v) is 13.3. The molecule has 2 aromatic carbocycles. The molecule has 124 valence electrons. The summed E-state index contributed by atoms with van der Waals surface area (Å²) in [5, 5.41) is 15.8. The molecule has 0 amide bonds. The molecule has 1 aromatic heterocycles. The molecule has 1 aliphatic heterocycles. The fourth-order valence-electron chi connectivity index (χ4n) is 3.77. The van der Waals surface area contributed by atoms with Gasteiger partial charge in [-0.15, -0.1) is 0 Å². The maximum Gasteiger partial charge on any atom is 0.304 e. The predicted molar refractivity (Wildman–Crippen MR) is 87.3 cm³/mol. The predicted octanol–water partition coefficient (Wildman–Crippen LogP) is 2.11. The molecule has 3 aromatic rings. The first-order valence-corrected chi connectivity index (χ1v) is 8.14. The van der Waals surface area contributed by atoms with Crippen molar-refractivity contribution in [2.45, 2.75) is 25.2 Å². The molecule has 2 heterocycles. The van der Waals surface area contributed by atoms with Crippen molar-refractivity contribution < 1.29 is 14.2 Å². The van der Waals surface area contributed by atoms with Crippen LogP contribution in [0.15, 0.2) is 54.9 Å². The first-order valence-electron chi connectivity index (χ1n) is 8.14. The van der Waals surface area contributed by atoms with E-state index in [4.69, 9.17) is 4.74 Å². The third kappa shape index (κ3) is 2.16. The van der Waals surface area contributed by atoms with E-state index in [1.807, 2.05) is 47.4 Å². The SMILES string of the molecule is O=[N+]([O-])c1ccc2c(c1)[C@@H]1[C@H](C2)OCc2nn(-c3ccccc3)c[n+]21. The van der Waals surface area contributed by atoms with Gasteiger partial charge in [0.05, 0.1) is 4.92 Å². The molecule has 0 saturated heterocycles. The highest BCUT2D eigenvalue weighted by atomic mass is 16.6. The Morgan fingerprint density at radius 3 is 2.88 bits per heavy atom. The fraction of sp³-hybridized carbons (Fsp3) is 0.222. The smallest absolute Gasteiger partial charge is 0.304 e. The van der Waals surface area contributed by atoms with E-state index < -0.39 is 0 Å². The van der Waals surface area contributed by atoms with Gasteiger partial charge in [-0.05, 0) is 17.7 Å². The molecule has 0 radical (unpaired) electrons. The Labute approximate surface area is 143 Å². The molecule has 0 spiro atoms. The number of hydrogen-bond donors (Lipinski definition) is 0. The Kier molecular flexibility index (Phi) is 2.98. The van der Waals surface area contributed by atoms with Crippen LogP contribution in [0.25, 0.3) is 5.69 Å². The van der Waals surface area contributed by atoms with Gasteiger partial charge in [-0.25, -0.2) is 4.57 Å². The first kappa shape index (κ1) is 14.3. The molecule has 5 rings (SSSR count). The minimum absolute atomic E-state index is 0.0112. The number of fused-ring (bicyclic) bond motifs is 5. The Bertz CT molecular complexity index is 983. The van der Waals surface area contributed by atoms with Gasteiger partial charge in [-0.3, -0.25) is 10.1 Å². The summed E-state index contributed by atoms with van der Waals surface area (Å²) in [6, 6.07) is 14.9. The van der Waals surface area contributed by atoms with Crippen molar-refractivity contribution in [2.75, 3.05) is 0 Å². The van der Waals surface area contributed by atoms with Crippen LogP contribution in [0.3, 0.4) is 0 Å². The number of ether oxygens (including phenoxy) is 1. The Morgan fingerprint density at radius 2 is 2.08 bits per heavy atom. The zero-order valence-electron chi connectivity index (χ0n) is 13.3. The molecule has 25 heavy (non-hydrogen) atoms. The molecule has 0 saturated carbocycles. The van der Waals surface area contributed by atoms with Crippen LogP contribution in [0.5, 0.6) is 0 Å². The van der Waals surface area contributed by atoms with Crippen LogP contribution in [-0.2, 0) is 17.8 Å². The van der Waals surface area contributed by atoms with E-state index in [1.54, 1.807) is 12.1 Å². The van der Waals surface area contributed by atoms with Crippen LogP contribution in [0.4, 0.5) is 5.69 Å². The number of nitro groups is 1. The third-order valence-corrected chi connectivity index (χ3v) is 4.93. The summed E-state index contributed by atoms with van der Waals surface area (Å²) in [5.74, 6) is 0.824. The summed E-state index contributed by atoms with van der Waals surface area (Å²) in [6.45, 7) is 0.442. The van der Waals surface area contributed by atoms with Gasteiger partial charge < -0.3 is 4.74 Å². The number of rotatable bonds is 2. The molecular weight excluding hydrogens is 320 g/mol. The van der Waals surface area contributed by atoms with Gasteiger partial charge in [-0.1, -0.05) is 28.9 Å². The van der Waals surface area contributed by atoms with E-state index in [9.17, 15) is 10.1 Å². The number of para-hydroxylation sites is 1. The van der Waals surface area contributed by atoms with Crippen LogP contribution >= 0.6 is 0 Å². The summed E-state index contributed by atoms with van der Waals surface area (Å²) in [4.78, 5) is 10.8. The highest BCUT2D eigenvalue weighted by molar-refractivity contribution is 5.44. The van der Waals surface area contributed by atoms with Gasteiger partial charge in [0, 0.05) is 29.2 Å². The fourth-order valence-corrected chi connectivity index (χ4v) is 3.77. The second-order valence-corrected chi connectivity index (χ2v) is 6.36. The monoisotopic (exact) mass is 335 g/mol. The lowest BCUT2D eigenvalue weighted by Crippen LogP contribution is -2.51. The standard InChI is InChI=1S/C18H15N4O3/c23-22(24)14-7-6-12-8-16-18(15(12)9-14)20-11-21(19-17(20)10-25-16)13-4-2-1-3-5-13/h1-7,9,11,16,18H,8,10H2/q+1/t16-,18+/m0/s1. The van der Waals surface area contributed by atoms with Crippen molar-refractivity contribution in [3.05, 3.63) is 81.9 Å². The van der Waals surface area contributed by atoms with Gasteiger partial charge in [0.1, 0.15) is 24.4 Å². The zero-order chi connectivity index (χ0) is 17.0. The average molecular weight is 335 g/mol. The lowest BCUT2D eigenvalue weighted by atomic mass is 10.1.